The van der Waals surface area contributed by atoms with Crippen molar-refractivity contribution in [1.82, 2.24) is 15.1 Å². The molecule has 0 saturated heterocycles. The fraction of sp³-hybridized carbons (Fsp3) is 0.444. The van der Waals surface area contributed by atoms with E-state index in [0.29, 0.717) is 6.54 Å². The summed E-state index contributed by atoms with van der Waals surface area (Å²) in [7, 11) is 1.84. The molecule has 0 aliphatic heterocycles. The molecule has 14 heavy (non-hydrogen) atoms. The molecule has 0 aromatic carbocycles. The first kappa shape index (κ1) is 10.3. The van der Waals surface area contributed by atoms with Crippen LogP contribution in [0.5, 0.6) is 0 Å². The highest BCUT2D eigenvalue weighted by Gasteiger charge is 2.05. The van der Waals surface area contributed by atoms with E-state index < -0.39 is 0 Å². The minimum Gasteiger partial charge on any atom is -0.351 e. The van der Waals surface area contributed by atoms with Crippen molar-refractivity contribution in [3.63, 3.8) is 0 Å². The van der Waals surface area contributed by atoms with Gasteiger partial charge in [0.25, 0.3) is 0 Å². The maximum absolute atomic E-state index is 11.0. The lowest BCUT2D eigenvalue weighted by atomic mass is 10.2. The summed E-state index contributed by atoms with van der Waals surface area (Å²) in [4.78, 5) is 11.0. The van der Waals surface area contributed by atoms with Crippen molar-refractivity contribution < 1.29 is 4.79 Å². The van der Waals surface area contributed by atoms with Crippen molar-refractivity contribution in [3.8, 4) is 6.07 Å². The first-order valence-corrected chi connectivity index (χ1v) is 4.26. The van der Waals surface area contributed by atoms with E-state index in [1.165, 1.54) is 0 Å². The molecule has 0 saturated carbocycles. The van der Waals surface area contributed by atoms with E-state index in [4.69, 9.17) is 5.26 Å². The molecule has 0 aliphatic rings. The summed E-state index contributed by atoms with van der Waals surface area (Å²) in [6.45, 7) is 2.36. The van der Waals surface area contributed by atoms with Gasteiger partial charge in [-0.3, -0.25) is 9.48 Å². The van der Waals surface area contributed by atoms with Crippen LogP contribution in [0.3, 0.4) is 0 Å². The van der Waals surface area contributed by atoms with Gasteiger partial charge in [-0.05, 0) is 6.92 Å². The molecular formula is C9H12N4O. The van der Waals surface area contributed by atoms with Crippen LogP contribution < -0.4 is 5.32 Å². The molecule has 5 heteroatoms. The Kier molecular flexibility index (Phi) is 3.24. The van der Waals surface area contributed by atoms with Gasteiger partial charge in [0.2, 0.25) is 5.91 Å². The van der Waals surface area contributed by atoms with Crippen molar-refractivity contribution in [2.24, 2.45) is 7.05 Å². The molecule has 74 valence electrons. The lowest BCUT2D eigenvalue weighted by molar-refractivity contribution is -0.120. The van der Waals surface area contributed by atoms with Crippen LogP contribution in [-0.4, -0.2) is 15.7 Å². The Bertz CT molecular complexity index is 375. The summed E-state index contributed by atoms with van der Waals surface area (Å²) in [6, 6.07) is 1.79. The molecule has 0 atom stereocenters. The second kappa shape index (κ2) is 4.42. The average Bonchev–Trinajstić information content (AvgIpc) is 2.46. The third kappa shape index (κ3) is 2.33. The number of carbonyl (C=O) groups excluding carboxylic acids is 1. The van der Waals surface area contributed by atoms with Crippen LogP contribution in [0.1, 0.15) is 17.7 Å². The third-order valence-electron chi connectivity index (χ3n) is 2.05. The Morgan fingerprint density at radius 1 is 1.79 bits per heavy atom. The van der Waals surface area contributed by atoms with E-state index >= 15 is 0 Å². The molecule has 1 heterocycles. The number of aromatic nitrogens is 2. The predicted molar refractivity (Wildman–Crippen MR) is 50.0 cm³/mol. The van der Waals surface area contributed by atoms with Crippen LogP contribution in [0.25, 0.3) is 0 Å². The van der Waals surface area contributed by atoms with Gasteiger partial charge in [-0.25, -0.2) is 0 Å². The van der Waals surface area contributed by atoms with Gasteiger partial charge in [0.15, 0.2) is 0 Å². The van der Waals surface area contributed by atoms with Crippen LogP contribution in [0.15, 0.2) is 6.20 Å². The smallest absolute Gasteiger partial charge is 0.234 e. The number of rotatable bonds is 3. The fourth-order valence-corrected chi connectivity index (χ4v) is 1.05. The van der Waals surface area contributed by atoms with Crippen LogP contribution in [0, 0.1) is 18.3 Å². The molecule has 1 N–H and O–H groups in total. The summed E-state index contributed by atoms with van der Waals surface area (Å²) < 4.78 is 1.74. The molecule has 1 aromatic rings. The molecule has 1 rings (SSSR count). The Morgan fingerprint density at radius 2 is 2.50 bits per heavy atom. The van der Waals surface area contributed by atoms with Gasteiger partial charge >= 0.3 is 0 Å². The number of aryl methyl sites for hydroxylation is 1. The zero-order valence-corrected chi connectivity index (χ0v) is 8.24. The molecule has 0 bridgehead atoms. The topological polar surface area (TPSA) is 70.7 Å². The summed E-state index contributed by atoms with van der Waals surface area (Å²) >= 11 is 0. The quantitative estimate of drug-likeness (QED) is 0.746. The van der Waals surface area contributed by atoms with Crippen molar-refractivity contribution >= 4 is 5.91 Å². The monoisotopic (exact) mass is 192 g/mol. The number of nitrogens with zero attached hydrogens (tertiary/aromatic N) is 3. The van der Waals surface area contributed by atoms with E-state index in [-0.39, 0.29) is 12.3 Å². The summed E-state index contributed by atoms with van der Waals surface area (Å²) in [5, 5.41) is 14.9. The minimum absolute atomic E-state index is 0.0979. The maximum atomic E-state index is 11.0. The van der Waals surface area contributed by atoms with Gasteiger partial charge in [0, 0.05) is 24.8 Å². The molecule has 0 spiro atoms. The van der Waals surface area contributed by atoms with Crippen LogP contribution >= 0.6 is 0 Å². The predicted octanol–water partition coefficient (Wildman–Crippen LogP) is 0.258. The van der Waals surface area contributed by atoms with Crippen molar-refractivity contribution in [1.29, 1.82) is 5.26 Å². The van der Waals surface area contributed by atoms with Crippen molar-refractivity contribution in [3.05, 3.63) is 17.5 Å². The summed E-state index contributed by atoms with van der Waals surface area (Å²) in [5.74, 6) is -0.254. The van der Waals surface area contributed by atoms with Gasteiger partial charge in [-0.2, -0.15) is 10.4 Å². The number of carbonyl (C=O) groups is 1. The number of nitriles is 1. The molecule has 0 fully saturated rings. The Morgan fingerprint density at radius 3 is 3.00 bits per heavy atom. The van der Waals surface area contributed by atoms with Gasteiger partial charge in [-0.1, -0.05) is 0 Å². The normalized spacial score (nSPS) is 9.50. The number of hydrogen-bond acceptors (Lipinski definition) is 3. The van der Waals surface area contributed by atoms with E-state index in [1.54, 1.807) is 16.9 Å². The Labute approximate surface area is 82.3 Å². The summed E-state index contributed by atoms with van der Waals surface area (Å²) in [5.41, 5.74) is 1.99. The molecule has 5 nitrogen and oxygen atoms in total. The van der Waals surface area contributed by atoms with Crippen molar-refractivity contribution in [2.45, 2.75) is 19.9 Å². The van der Waals surface area contributed by atoms with Crippen molar-refractivity contribution in [2.75, 3.05) is 0 Å². The van der Waals surface area contributed by atoms with Gasteiger partial charge in [0.1, 0.15) is 6.42 Å². The van der Waals surface area contributed by atoms with Gasteiger partial charge in [-0.15, -0.1) is 0 Å². The Balaban J connectivity index is 2.51. The second-order valence-corrected chi connectivity index (χ2v) is 2.99. The highest BCUT2D eigenvalue weighted by molar-refractivity contribution is 5.77. The molecule has 1 aromatic heterocycles. The molecule has 1 amide bonds. The number of amides is 1. The lowest BCUT2D eigenvalue weighted by Crippen LogP contribution is -2.22. The highest BCUT2D eigenvalue weighted by atomic mass is 16.1. The molecule has 0 aliphatic carbocycles. The largest absolute Gasteiger partial charge is 0.351 e. The third-order valence-corrected chi connectivity index (χ3v) is 2.05. The zero-order valence-electron chi connectivity index (χ0n) is 8.24. The second-order valence-electron chi connectivity index (χ2n) is 2.99. The standard InChI is InChI=1S/C9H12N4O/c1-7-8(6-12-13(7)2)5-11-9(14)3-4-10/h6H,3,5H2,1-2H3,(H,11,14). The average molecular weight is 192 g/mol. The minimum atomic E-state index is -0.254. The maximum Gasteiger partial charge on any atom is 0.234 e. The zero-order chi connectivity index (χ0) is 10.6. The summed E-state index contributed by atoms with van der Waals surface area (Å²) in [6.07, 6.45) is 1.61. The van der Waals surface area contributed by atoms with Crippen LogP contribution in [-0.2, 0) is 18.4 Å². The molecule has 0 unspecified atom stereocenters. The molecular weight excluding hydrogens is 180 g/mol. The highest BCUT2D eigenvalue weighted by Crippen LogP contribution is 2.04. The van der Waals surface area contributed by atoms with E-state index in [1.807, 2.05) is 14.0 Å². The van der Waals surface area contributed by atoms with E-state index in [9.17, 15) is 4.79 Å². The fourth-order valence-electron chi connectivity index (χ4n) is 1.05. The van der Waals surface area contributed by atoms with E-state index in [2.05, 4.69) is 10.4 Å². The van der Waals surface area contributed by atoms with E-state index in [0.717, 1.165) is 11.3 Å². The van der Waals surface area contributed by atoms with Crippen LogP contribution in [0.4, 0.5) is 0 Å². The lowest BCUT2D eigenvalue weighted by Gasteiger charge is -2.01. The SMILES string of the molecule is Cc1c(CNC(=O)CC#N)cnn1C. The van der Waals surface area contributed by atoms with Crippen LogP contribution in [0.2, 0.25) is 0 Å². The number of nitrogens with one attached hydrogen (secondary N) is 1. The first-order valence-electron chi connectivity index (χ1n) is 4.26. The first-order chi connectivity index (χ1) is 6.65. The van der Waals surface area contributed by atoms with Gasteiger partial charge < -0.3 is 5.32 Å². The molecule has 0 radical (unpaired) electrons. The Hall–Kier alpha value is -1.83. The van der Waals surface area contributed by atoms with Gasteiger partial charge in [0.05, 0.1) is 12.3 Å². The number of hydrogen-bond donors (Lipinski definition) is 1.